The van der Waals surface area contributed by atoms with E-state index in [1.807, 2.05) is 0 Å². The second-order valence-electron chi connectivity index (χ2n) is 4.53. The topological polar surface area (TPSA) is 76.3 Å². The summed E-state index contributed by atoms with van der Waals surface area (Å²) in [6.45, 7) is 5.51. The Labute approximate surface area is 108 Å². The van der Waals surface area contributed by atoms with Gasteiger partial charge in [0.1, 0.15) is 5.82 Å². The lowest BCUT2D eigenvalue weighted by Gasteiger charge is -2.32. The summed E-state index contributed by atoms with van der Waals surface area (Å²) < 4.78 is 5.09. The Hall–Kier alpha value is -1.56. The van der Waals surface area contributed by atoms with Crippen LogP contribution in [0, 0.1) is 0 Å². The third kappa shape index (κ3) is 3.22. The van der Waals surface area contributed by atoms with E-state index in [2.05, 4.69) is 27.1 Å². The van der Waals surface area contributed by atoms with Crippen molar-refractivity contribution < 1.29 is 4.74 Å². The number of nitrogen functional groups attached to an aromatic ring is 1. The first-order valence-corrected chi connectivity index (χ1v) is 6.38. The molecule has 1 atom stereocenters. The van der Waals surface area contributed by atoms with Gasteiger partial charge in [-0.3, -0.25) is 0 Å². The lowest BCUT2D eigenvalue weighted by molar-refractivity contribution is 0.226. The number of piperidine rings is 1. The summed E-state index contributed by atoms with van der Waals surface area (Å²) in [4.78, 5) is 10.6. The molecule has 1 aromatic rings. The molecule has 1 aromatic heterocycles. The predicted molar refractivity (Wildman–Crippen MR) is 71.8 cm³/mol. The number of hydrogen-bond donors (Lipinski definition) is 2. The number of nitrogens with two attached hydrogens (primary N) is 1. The number of ether oxygens (including phenoxy) is 1. The van der Waals surface area contributed by atoms with Gasteiger partial charge in [0.15, 0.2) is 0 Å². The highest BCUT2D eigenvalue weighted by Crippen LogP contribution is 2.18. The van der Waals surface area contributed by atoms with Crippen molar-refractivity contribution in [2.75, 3.05) is 37.8 Å². The molecule has 0 radical (unpaired) electrons. The summed E-state index contributed by atoms with van der Waals surface area (Å²) in [6, 6.07) is 2.19. The monoisotopic (exact) mass is 251 g/mol. The van der Waals surface area contributed by atoms with Gasteiger partial charge in [-0.2, -0.15) is 9.97 Å². The second-order valence-corrected chi connectivity index (χ2v) is 4.53. The summed E-state index contributed by atoms with van der Waals surface area (Å²) in [5, 5.41) is 3.41. The number of anilines is 2. The van der Waals surface area contributed by atoms with Crippen LogP contribution in [0.4, 0.5) is 11.8 Å². The minimum absolute atomic E-state index is 0.236. The number of methoxy groups -OCH3 is 1. The number of rotatable bonds is 4. The van der Waals surface area contributed by atoms with Crippen LogP contribution in [-0.2, 0) is 0 Å². The van der Waals surface area contributed by atoms with Gasteiger partial charge in [-0.15, -0.1) is 0 Å². The van der Waals surface area contributed by atoms with Crippen molar-refractivity contribution in [3.8, 4) is 5.88 Å². The van der Waals surface area contributed by atoms with Gasteiger partial charge >= 0.3 is 0 Å². The number of nitrogens with zero attached hydrogens (tertiary/aromatic N) is 3. The van der Waals surface area contributed by atoms with Crippen LogP contribution in [0.1, 0.15) is 19.8 Å². The van der Waals surface area contributed by atoms with Crippen molar-refractivity contribution in [3.63, 3.8) is 0 Å². The maximum atomic E-state index is 5.64. The molecule has 2 rings (SSSR count). The largest absolute Gasteiger partial charge is 0.481 e. The van der Waals surface area contributed by atoms with Crippen LogP contribution in [0.2, 0.25) is 0 Å². The third-order valence-corrected chi connectivity index (χ3v) is 3.23. The Morgan fingerprint density at radius 2 is 2.39 bits per heavy atom. The highest BCUT2D eigenvalue weighted by atomic mass is 16.5. The summed E-state index contributed by atoms with van der Waals surface area (Å²) in [6.07, 6.45) is 2.37. The molecule has 0 aromatic carbocycles. The SMILES string of the molecule is CCN1CCCC(Nc2cc(OC)nc(N)n2)C1. The van der Waals surface area contributed by atoms with Gasteiger partial charge in [-0.05, 0) is 25.9 Å². The predicted octanol–water partition coefficient (Wildman–Crippen LogP) is 0.964. The van der Waals surface area contributed by atoms with Crippen LogP contribution in [-0.4, -0.2) is 47.7 Å². The zero-order chi connectivity index (χ0) is 13.0. The van der Waals surface area contributed by atoms with E-state index in [4.69, 9.17) is 10.5 Å². The Kier molecular flexibility index (Phi) is 4.19. The standard InChI is InChI=1S/C12H21N5O/c1-3-17-6-4-5-9(8-17)14-10-7-11(18-2)16-12(13)15-10/h7,9H,3-6,8H2,1-2H3,(H3,13,14,15,16). The normalized spacial score (nSPS) is 20.7. The van der Waals surface area contributed by atoms with E-state index in [0.29, 0.717) is 11.9 Å². The zero-order valence-electron chi connectivity index (χ0n) is 11.0. The molecule has 0 aliphatic carbocycles. The molecule has 0 spiro atoms. The van der Waals surface area contributed by atoms with E-state index in [0.717, 1.165) is 25.3 Å². The highest BCUT2D eigenvalue weighted by molar-refractivity contribution is 5.43. The van der Waals surface area contributed by atoms with Crippen LogP contribution in [0.15, 0.2) is 6.07 Å². The van der Waals surface area contributed by atoms with Crippen LogP contribution in [0.5, 0.6) is 5.88 Å². The third-order valence-electron chi connectivity index (χ3n) is 3.23. The lowest BCUT2D eigenvalue weighted by atomic mass is 10.1. The van der Waals surface area contributed by atoms with Gasteiger partial charge in [-0.25, -0.2) is 0 Å². The van der Waals surface area contributed by atoms with E-state index in [9.17, 15) is 0 Å². The van der Waals surface area contributed by atoms with E-state index >= 15 is 0 Å². The fourth-order valence-corrected chi connectivity index (χ4v) is 2.29. The summed E-state index contributed by atoms with van der Waals surface area (Å²) >= 11 is 0. The molecule has 6 heteroatoms. The molecule has 0 bridgehead atoms. The van der Waals surface area contributed by atoms with Crippen LogP contribution < -0.4 is 15.8 Å². The van der Waals surface area contributed by atoms with E-state index in [-0.39, 0.29) is 5.95 Å². The molecule has 18 heavy (non-hydrogen) atoms. The molecular formula is C12H21N5O. The molecular weight excluding hydrogens is 230 g/mol. The molecule has 1 aliphatic heterocycles. The maximum Gasteiger partial charge on any atom is 0.225 e. The first kappa shape index (κ1) is 12.9. The summed E-state index contributed by atoms with van der Waals surface area (Å²) in [5.41, 5.74) is 5.64. The quantitative estimate of drug-likeness (QED) is 0.830. The van der Waals surface area contributed by atoms with E-state index in [1.165, 1.54) is 13.0 Å². The first-order chi connectivity index (χ1) is 8.71. The average Bonchev–Trinajstić information content (AvgIpc) is 2.38. The number of likely N-dealkylation sites (N-methyl/N-ethyl adjacent to an activating group) is 1. The molecule has 1 fully saturated rings. The van der Waals surface area contributed by atoms with Crippen LogP contribution in [0.3, 0.4) is 0 Å². The number of hydrogen-bond acceptors (Lipinski definition) is 6. The average molecular weight is 251 g/mol. The van der Waals surface area contributed by atoms with E-state index < -0.39 is 0 Å². The number of likely N-dealkylation sites (tertiary alicyclic amines) is 1. The Morgan fingerprint density at radius 1 is 1.56 bits per heavy atom. The van der Waals surface area contributed by atoms with Gasteiger partial charge in [0.25, 0.3) is 0 Å². The Morgan fingerprint density at radius 3 is 3.11 bits per heavy atom. The smallest absolute Gasteiger partial charge is 0.225 e. The van der Waals surface area contributed by atoms with Gasteiger partial charge in [-0.1, -0.05) is 6.92 Å². The van der Waals surface area contributed by atoms with Crippen molar-refractivity contribution in [1.29, 1.82) is 0 Å². The molecule has 3 N–H and O–H groups in total. The Bertz CT molecular complexity index is 398. The van der Waals surface area contributed by atoms with Crippen molar-refractivity contribution >= 4 is 11.8 Å². The lowest BCUT2D eigenvalue weighted by Crippen LogP contribution is -2.42. The summed E-state index contributed by atoms with van der Waals surface area (Å²) in [5.74, 6) is 1.47. The van der Waals surface area contributed by atoms with Crippen LogP contribution in [0.25, 0.3) is 0 Å². The highest BCUT2D eigenvalue weighted by Gasteiger charge is 2.19. The molecule has 1 unspecified atom stereocenters. The molecule has 0 amide bonds. The molecule has 2 heterocycles. The molecule has 6 nitrogen and oxygen atoms in total. The van der Waals surface area contributed by atoms with Gasteiger partial charge < -0.3 is 20.7 Å². The molecule has 0 saturated carbocycles. The van der Waals surface area contributed by atoms with Crippen molar-refractivity contribution in [2.24, 2.45) is 0 Å². The second kappa shape index (κ2) is 5.86. The Balaban J connectivity index is 2.02. The minimum Gasteiger partial charge on any atom is -0.481 e. The zero-order valence-corrected chi connectivity index (χ0v) is 11.0. The fraction of sp³-hybridized carbons (Fsp3) is 0.667. The molecule has 1 aliphatic rings. The minimum atomic E-state index is 0.236. The number of aromatic nitrogens is 2. The maximum absolute atomic E-state index is 5.64. The van der Waals surface area contributed by atoms with E-state index in [1.54, 1.807) is 13.2 Å². The van der Waals surface area contributed by atoms with Gasteiger partial charge in [0, 0.05) is 18.7 Å². The number of nitrogens with one attached hydrogen (secondary N) is 1. The fourth-order valence-electron chi connectivity index (χ4n) is 2.29. The van der Waals surface area contributed by atoms with Crippen LogP contribution >= 0.6 is 0 Å². The van der Waals surface area contributed by atoms with Gasteiger partial charge in [0.2, 0.25) is 11.8 Å². The van der Waals surface area contributed by atoms with Crippen molar-refractivity contribution in [2.45, 2.75) is 25.8 Å². The molecule has 100 valence electrons. The molecule has 1 saturated heterocycles. The van der Waals surface area contributed by atoms with Crippen molar-refractivity contribution in [3.05, 3.63) is 6.07 Å². The first-order valence-electron chi connectivity index (χ1n) is 6.38. The van der Waals surface area contributed by atoms with Gasteiger partial charge in [0.05, 0.1) is 7.11 Å². The van der Waals surface area contributed by atoms with Crippen molar-refractivity contribution in [1.82, 2.24) is 14.9 Å². The summed E-state index contributed by atoms with van der Waals surface area (Å²) in [7, 11) is 1.57.